The highest BCUT2D eigenvalue weighted by Crippen LogP contribution is 2.21. The van der Waals surface area contributed by atoms with Gasteiger partial charge in [0.05, 0.1) is 5.92 Å². The number of hydrogen-bond acceptors (Lipinski definition) is 1. The summed E-state index contributed by atoms with van der Waals surface area (Å²) < 4.78 is 25.3. The number of aliphatic carboxylic acids is 1. The van der Waals surface area contributed by atoms with Crippen molar-refractivity contribution in [3.8, 4) is 0 Å². The van der Waals surface area contributed by atoms with Crippen molar-refractivity contribution in [2.75, 3.05) is 0 Å². The maximum Gasteiger partial charge on any atom is 0.310 e. The van der Waals surface area contributed by atoms with Crippen LogP contribution in [-0.2, 0) is 11.2 Å². The van der Waals surface area contributed by atoms with E-state index in [1.54, 1.807) is 31.2 Å². The third-order valence-electron chi connectivity index (χ3n) is 2.70. The van der Waals surface area contributed by atoms with E-state index in [9.17, 15) is 13.6 Å². The van der Waals surface area contributed by atoms with Gasteiger partial charge >= 0.3 is 5.97 Å². The van der Waals surface area contributed by atoms with Crippen molar-refractivity contribution in [1.82, 2.24) is 0 Å². The third-order valence-corrected chi connectivity index (χ3v) is 2.70. The zero-order valence-corrected chi connectivity index (χ0v) is 9.91. The van der Waals surface area contributed by atoms with Gasteiger partial charge in [-0.25, -0.2) is 8.78 Å². The van der Waals surface area contributed by atoms with Crippen molar-refractivity contribution in [3.63, 3.8) is 0 Å². The Morgan fingerprint density at radius 1 is 1.35 bits per heavy atom. The monoisotopic (exact) mass is 242 g/mol. The van der Waals surface area contributed by atoms with Crippen LogP contribution < -0.4 is 0 Å². The molecule has 94 valence electrons. The molecular formula is C13H16F2O2. The second-order valence-corrected chi connectivity index (χ2v) is 4.37. The quantitative estimate of drug-likeness (QED) is 0.858. The van der Waals surface area contributed by atoms with Gasteiger partial charge < -0.3 is 5.11 Å². The van der Waals surface area contributed by atoms with Crippen LogP contribution in [0.4, 0.5) is 8.78 Å². The predicted molar refractivity (Wildman–Crippen MR) is 61.4 cm³/mol. The maximum atomic E-state index is 12.6. The van der Waals surface area contributed by atoms with Gasteiger partial charge in [0.25, 0.3) is 0 Å². The predicted octanol–water partition coefficient (Wildman–Crippen LogP) is 3.46. The molecule has 1 unspecified atom stereocenters. The molecule has 1 aromatic carbocycles. The van der Waals surface area contributed by atoms with Gasteiger partial charge in [0.1, 0.15) is 0 Å². The van der Waals surface area contributed by atoms with Gasteiger partial charge in [0, 0.05) is 6.42 Å². The van der Waals surface area contributed by atoms with Gasteiger partial charge in [0.15, 0.2) is 0 Å². The fraction of sp³-hybridized carbons (Fsp3) is 0.462. The summed E-state index contributed by atoms with van der Waals surface area (Å²) in [5.41, 5.74) is 1.48. The lowest BCUT2D eigenvalue weighted by Crippen LogP contribution is -2.11. The van der Waals surface area contributed by atoms with E-state index in [1.165, 1.54) is 0 Å². The van der Waals surface area contributed by atoms with Gasteiger partial charge in [-0.05, 0) is 31.4 Å². The van der Waals surface area contributed by atoms with E-state index >= 15 is 0 Å². The van der Waals surface area contributed by atoms with E-state index < -0.39 is 17.8 Å². The number of benzene rings is 1. The number of hydrogen-bond donors (Lipinski definition) is 1. The first-order valence-corrected chi connectivity index (χ1v) is 5.49. The minimum absolute atomic E-state index is 0.194. The second-order valence-electron chi connectivity index (χ2n) is 4.37. The molecule has 0 aliphatic heterocycles. The van der Waals surface area contributed by atoms with Gasteiger partial charge in [0.2, 0.25) is 5.92 Å². The van der Waals surface area contributed by atoms with E-state index in [2.05, 4.69) is 0 Å². The molecule has 1 aromatic rings. The standard InChI is InChI=1S/C13H16F2O2/c1-9(12(16)17)11-5-3-10(4-6-11)7-8-13(2,14)15/h3-6,9H,7-8H2,1-2H3,(H,16,17). The van der Waals surface area contributed by atoms with Crippen LogP contribution in [0.25, 0.3) is 0 Å². The molecule has 0 bridgehead atoms. The Kier molecular flexibility index (Phi) is 4.21. The lowest BCUT2D eigenvalue weighted by molar-refractivity contribution is -0.138. The molecule has 0 aliphatic carbocycles. The lowest BCUT2D eigenvalue weighted by atomic mass is 9.98. The summed E-state index contributed by atoms with van der Waals surface area (Å²) in [5, 5.41) is 8.82. The molecule has 0 amide bonds. The van der Waals surface area contributed by atoms with Gasteiger partial charge in [-0.1, -0.05) is 24.3 Å². The number of halogens is 2. The Bertz CT molecular complexity index is 379. The summed E-state index contributed by atoms with van der Waals surface area (Å²) >= 11 is 0. The largest absolute Gasteiger partial charge is 0.481 e. The Morgan fingerprint density at radius 2 is 1.88 bits per heavy atom. The second kappa shape index (κ2) is 5.25. The molecule has 4 heteroatoms. The Labute approximate surface area is 99.3 Å². The average molecular weight is 242 g/mol. The van der Waals surface area contributed by atoms with Crippen molar-refractivity contribution in [3.05, 3.63) is 35.4 Å². The SMILES string of the molecule is CC(C(=O)O)c1ccc(CCC(C)(F)F)cc1. The van der Waals surface area contributed by atoms with Crippen LogP contribution in [0.3, 0.4) is 0 Å². The molecule has 2 nitrogen and oxygen atoms in total. The van der Waals surface area contributed by atoms with E-state index in [1.807, 2.05) is 0 Å². The zero-order valence-electron chi connectivity index (χ0n) is 9.91. The average Bonchev–Trinajstić information content (AvgIpc) is 2.25. The number of aryl methyl sites for hydroxylation is 1. The molecule has 0 aliphatic rings. The highest BCUT2D eigenvalue weighted by Gasteiger charge is 2.20. The first-order valence-electron chi connectivity index (χ1n) is 5.49. The van der Waals surface area contributed by atoms with Crippen molar-refractivity contribution in [2.45, 2.75) is 38.5 Å². The van der Waals surface area contributed by atoms with Gasteiger partial charge in [-0.15, -0.1) is 0 Å². The highest BCUT2D eigenvalue weighted by molar-refractivity contribution is 5.75. The summed E-state index contributed by atoms with van der Waals surface area (Å²) in [4.78, 5) is 10.7. The number of rotatable bonds is 5. The molecule has 0 saturated carbocycles. The molecule has 0 fully saturated rings. The van der Waals surface area contributed by atoms with Crippen LogP contribution in [0.1, 0.15) is 37.3 Å². The number of alkyl halides is 2. The first-order chi connectivity index (χ1) is 7.79. The molecule has 1 atom stereocenters. The van der Waals surface area contributed by atoms with Crippen molar-refractivity contribution < 1.29 is 18.7 Å². The van der Waals surface area contributed by atoms with Crippen molar-refractivity contribution >= 4 is 5.97 Å². The first kappa shape index (κ1) is 13.6. The minimum atomic E-state index is -2.66. The summed E-state index contributed by atoms with van der Waals surface area (Å²) in [6.07, 6.45) is 0.103. The van der Waals surface area contributed by atoms with Crippen LogP contribution in [0, 0.1) is 0 Å². The van der Waals surface area contributed by atoms with Crippen molar-refractivity contribution in [1.29, 1.82) is 0 Å². The fourth-order valence-electron chi connectivity index (χ4n) is 1.48. The van der Waals surface area contributed by atoms with Crippen LogP contribution in [0.15, 0.2) is 24.3 Å². The fourth-order valence-corrected chi connectivity index (χ4v) is 1.48. The van der Waals surface area contributed by atoms with E-state index in [4.69, 9.17) is 5.11 Å². The Hall–Kier alpha value is -1.45. The Morgan fingerprint density at radius 3 is 2.29 bits per heavy atom. The van der Waals surface area contributed by atoms with Crippen LogP contribution in [0.2, 0.25) is 0 Å². The van der Waals surface area contributed by atoms with Crippen LogP contribution in [-0.4, -0.2) is 17.0 Å². The highest BCUT2D eigenvalue weighted by atomic mass is 19.3. The van der Waals surface area contributed by atoms with Crippen LogP contribution in [0.5, 0.6) is 0 Å². The van der Waals surface area contributed by atoms with E-state index in [0.29, 0.717) is 12.0 Å². The Balaban J connectivity index is 2.65. The summed E-state index contributed by atoms with van der Waals surface area (Å²) in [6, 6.07) is 6.78. The van der Waals surface area contributed by atoms with E-state index in [-0.39, 0.29) is 6.42 Å². The smallest absolute Gasteiger partial charge is 0.310 e. The summed E-state index contributed by atoms with van der Waals surface area (Å²) in [7, 11) is 0. The zero-order chi connectivity index (χ0) is 13.1. The normalized spacial score (nSPS) is 13.4. The molecule has 0 saturated heterocycles. The molecule has 0 heterocycles. The molecule has 0 radical (unpaired) electrons. The number of carboxylic acid groups (broad SMARTS) is 1. The molecule has 0 spiro atoms. The topological polar surface area (TPSA) is 37.3 Å². The molecule has 0 aromatic heterocycles. The number of carboxylic acids is 1. The molecular weight excluding hydrogens is 226 g/mol. The summed E-state index contributed by atoms with van der Waals surface area (Å²) in [6.45, 7) is 2.49. The van der Waals surface area contributed by atoms with Gasteiger partial charge in [-0.2, -0.15) is 0 Å². The maximum absolute atomic E-state index is 12.6. The van der Waals surface area contributed by atoms with Crippen LogP contribution >= 0.6 is 0 Å². The minimum Gasteiger partial charge on any atom is -0.481 e. The molecule has 1 rings (SSSR count). The van der Waals surface area contributed by atoms with Gasteiger partial charge in [-0.3, -0.25) is 4.79 Å². The molecule has 17 heavy (non-hydrogen) atoms. The third kappa shape index (κ3) is 4.51. The summed E-state index contributed by atoms with van der Waals surface area (Å²) in [5.74, 6) is -4.12. The number of carbonyl (C=O) groups is 1. The van der Waals surface area contributed by atoms with Crippen molar-refractivity contribution in [2.24, 2.45) is 0 Å². The molecule has 1 N–H and O–H groups in total. The van der Waals surface area contributed by atoms with E-state index in [0.717, 1.165) is 12.5 Å². The lowest BCUT2D eigenvalue weighted by Gasteiger charge is -2.11.